The lowest BCUT2D eigenvalue weighted by molar-refractivity contribution is -0.384. The van der Waals surface area contributed by atoms with Gasteiger partial charge in [0.25, 0.3) is 5.69 Å². The number of benzene rings is 3. The molecule has 0 unspecified atom stereocenters. The Morgan fingerprint density at radius 1 is 0.846 bits per heavy atom. The molecule has 0 radical (unpaired) electrons. The summed E-state index contributed by atoms with van der Waals surface area (Å²) in [6, 6.07) is 18.1. The highest BCUT2D eigenvalue weighted by molar-refractivity contribution is 6.30. The van der Waals surface area contributed by atoms with Crippen molar-refractivity contribution in [3.8, 4) is 0 Å². The summed E-state index contributed by atoms with van der Waals surface area (Å²) in [5, 5.41) is 16.3. The van der Waals surface area contributed by atoms with Crippen LogP contribution < -0.4 is 5.32 Å². The summed E-state index contributed by atoms with van der Waals surface area (Å²) < 4.78 is 10.2. The Morgan fingerprint density at radius 2 is 1.36 bits per heavy atom. The van der Waals surface area contributed by atoms with Gasteiger partial charge in [0, 0.05) is 22.2 Å². The number of esters is 2. The van der Waals surface area contributed by atoms with Crippen LogP contribution in [0.4, 0.5) is 11.4 Å². The Kier molecular flexibility index (Phi) is 8.77. The molecule has 3 aromatic carbocycles. The summed E-state index contributed by atoms with van der Waals surface area (Å²) in [5.41, 5.74) is 0.280. The first kappa shape index (κ1) is 28.4. The summed E-state index contributed by atoms with van der Waals surface area (Å²) >= 11 is 12.3. The Bertz CT molecular complexity index is 1310. The van der Waals surface area contributed by atoms with Crippen LogP contribution >= 0.6 is 23.2 Å². The lowest BCUT2D eigenvalue weighted by atomic mass is 9.69. The minimum atomic E-state index is -1.47. The molecule has 0 aliphatic heterocycles. The monoisotopic (exact) mass is 570 g/mol. The number of rotatable bonds is 8. The van der Waals surface area contributed by atoms with Crippen LogP contribution in [0.1, 0.15) is 42.4 Å². The summed E-state index contributed by atoms with van der Waals surface area (Å²) in [4.78, 5) is 37.2. The second kappa shape index (κ2) is 12.1. The normalized spacial score (nSPS) is 17.2. The summed E-state index contributed by atoms with van der Waals surface area (Å²) in [6.45, 7) is 0. The van der Waals surface area contributed by atoms with Crippen LogP contribution in [0, 0.1) is 16.0 Å². The minimum absolute atomic E-state index is 0.0987. The molecule has 1 aliphatic carbocycles. The number of nitro groups is 1. The smallest absolute Gasteiger partial charge is 0.325 e. The van der Waals surface area contributed by atoms with E-state index in [1.807, 2.05) is 0 Å². The van der Waals surface area contributed by atoms with E-state index in [0.717, 1.165) is 0 Å². The predicted molar refractivity (Wildman–Crippen MR) is 149 cm³/mol. The van der Waals surface area contributed by atoms with E-state index in [2.05, 4.69) is 5.32 Å². The summed E-state index contributed by atoms with van der Waals surface area (Å²) in [7, 11) is 2.67. The second-order valence-corrected chi connectivity index (χ2v) is 10.3. The number of hydrogen-bond donors (Lipinski definition) is 1. The molecule has 0 bridgehead atoms. The third-order valence-electron chi connectivity index (χ3n) is 7.29. The van der Waals surface area contributed by atoms with Crippen molar-refractivity contribution in [2.24, 2.45) is 5.92 Å². The van der Waals surface area contributed by atoms with Gasteiger partial charge in [-0.3, -0.25) is 19.7 Å². The first-order valence-electron chi connectivity index (χ1n) is 12.4. The highest BCUT2D eigenvalue weighted by Gasteiger charge is 2.46. The number of nitrogens with zero attached hydrogens (tertiary/aromatic N) is 1. The van der Waals surface area contributed by atoms with Gasteiger partial charge in [0.15, 0.2) is 0 Å². The Labute approximate surface area is 236 Å². The van der Waals surface area contributed by atoms with Crippen molar-refractivity contribution in [3.63, 3.8) is 0 Å². The van der Waals surface area contributed by atoms with Crippen molar-refractivity contribution in [1.82, 2.24) is 0 Å². The lowest BCUT2D eigenvalue weighted by Gasteiger charge is -2.34. The largest absolute Gasteiger partial charge is 0.469 e. The Balaban J connectivity index is 1.85. The topological polar surface area (TPSA) is 108 Å². The third kappa shape index (κ3) is 5.72. The molecular weight excluding hydrogens is 543 g/mol. The van der Waals surface area contributed by atoms with Crippen molar-refractivity contribution in [2.75, 3.05) is 19.5 Å². The molecular formula is C29H28Cl2N2O6. The number of nitro benzene ring substituents is 1. The van der Waals surface area contributed by atoms with Crippen LogP contribution in [0.15, 0.2) is 66.7 Å². The fourth-order valence-corrected chi connectivity index (χ4v) is 5.56. The number of ether oxygens (including phenoxy) is 2. The van der Waals surface area contributed by atoms with E-state index in [4.69, 9.17) is 32.7 Å². The van der Waals surface area contributed by atoms with E-state index in [-0.39, 0.29) is 29.3 Å². The first-order chi connectivity index (χ1) is 18.7. The molecule has 1 fully saturated rings. The van der Waals surface area contributed by atoms with E-state index in [0.29, 0.717) is 52.4 Å². The van der Waals surface area contributed by atoms with E-state index in [9.17, 15) is 19.7 Å². The molecule has 8 nitrogen and oxygen atoms in total. The first-order valence-corrected chi connectivity index (χ1v) is 13.2. The van der Waals surface area contributed by atoms with Gasteiger partial charge in [-0.05, 0) is 72.7 Å². The number of carbonyl (C=O) groups excluding carboxylic acids is 2. The van der Waals surface area contributed by atoms with Crippen LogP contribution in [0.5, 0.6) is 0 Å². The van der Waals surface area contributed by atoms with Gasteiger partial charge in [-0.15, -0.1) is 0 Å². The van der Waals surface area contributed by atoms with E-state index in [1.165, 1.54) is 20.3 Å². The molecule has 1 aliphatic rings. The fraction of sp³-hybridized carbons (Fsp3) is 0.310. The van der Waals surface area contributed by atoms with Crippen molar-refractivity contribution < 1.29 is 24.0 Å². The molecule has 1 N–H and O–H groups in total. The SMILES string of the molecule is COC(=O)C1CCC(Nc2cc(C(C(=O)OC)(c3ccc(Cl)cc3)c3ccc(Cl)cc3)ccc2[N+](=O)[O-])CC1. The molecule has 0 saturated heterocycles. The zero-order chi connectivity index (χ0) is 28.2. The van der Waals surface area contributed by atoms with Crippen LogP contribution in [0.3, 0.4) is 0 Å². The van der Waals surface area contributed by atoms with Gasteiger partial charge < -0.3 is 14.8 Å². The maximum absolute atomic E-state index is 13.8. The standard InChI is InChI=1S/C29H28Cl2N2O6/c1-38-27(34)18-3-14-24(15-4-18)32-25-17-21(9-16-26(25)33(36)37)29(28(35)39-2,19-5-10-22(30)11-6-19)20-7-12-23(31)13-8-20/h5-13,16-18,24,32H,3-4,14-15H2,1-2H3. The number of methoxy groups -OCH3 is 2. The van der Waals surface area contributed by atoms with Crippen molar-refractivity contribution in [1.29, 1.82) is 0 Å². The number of halogens is 2. The number of anilines is 1. The Hall–Kier alpha value is -3.62. The van der Waals surface area contributed by atoms with Crippen LogP contribution in [-0.2, 0) is 24.5 Å². The average Bonchev–Trinajstić information content (AvgIpc) is 2.95. The minimum Gasteiger partial charge on any atom is -0.469 e. The highest BCUT2D eigenvalue weighted by atomic mass is 35.5. The third-order valence-corrected chi connectivity index (χ3v) is 7.80. The average molecular weight is 571 g/mol. The van der Waals surface area contributed by atoms with E-state index >= 15 is 0 Å². The molecule has 1 saturated carbocycles. The van der Waals surface area contributed by atoms with Crippen molar-refractivity contribution in [2.45, 2.75) is 37.1 Å². The zero-order valence-electron chi connectivity index (χ0n) is 21.5. The molecule has 39 heavy (non-hydrogen) atoms. The maximum Gasteiger partial charge on any atom is 0.325 e. The lowest BCUT2D eigenvalue weighted by Crippen LogP contribution is -2.39. The summed E-state index contributed by atoms with van der Waals surface area (Å²) in [6.07, 6.45) is 2.49. The fourth-order valence-electron chi connectivity index (χ4n) is 5.31. The molecule has 0 heterocycles. The highest BCUT2D eigenvalue weighted by Crippen LogP contribution is 2.44. The van der Waals surface area contributed by atoms with Gasteiger partial charge in [-0.2, -0.15) is 0 Å². The van der Waals surface area contributed by atoms with Crippen LogP contribution in [0.25, 0.3) is 0 Å². The Morgan fingerprint density at radius 3 is 1.82 bits per heavy atom. The van der Waals surface area contributed by atoms with Crippen molar-refractivity contribution in [3.05, 3.63) is 104 Å². The zero-order valence-corrected chi connectivity index (χ0v) is 23.0. The van der Waals surface area contributed by atoms with Gasteiger partial charge in [0.2, 0.25) is 0 Å². The molecule has 0 spiro atoms. The van der Waals surface area contributed by atoms with Crippen molar-refractivity contribution >= 4 is 46.5 Å². The van der Waals surface area contributed by atoms with Crippen LogP contribution in [-0.4, -0.2) is 37.1 Å². The molecule has 0 atom stereocenters. The molecule has 3 aromatic rings. The maximum atomic E-state index is 13.8. The van der Waals surface area contributed by atoms with E-state index < -0.39 is 16.3 Å². The number of carbonyl (C=O) groups is 2. The quantitative estimate of drug-likeness (QED) is 0.141. The van der Waals surface area contributed by atoms with E-state index in [1.54, 1.807) is 60.7 Å². The predicted octanol–water partition coefficient (Wildman–Crippen LogP) is 6.55. The molecule has 4 rings (SSSR count). The number of nitrogens with one attached hydrogen (secondary N) is 1. The molecule has 204 valence electrons. The summed E-state index contributed by atoms with van der Waals surface area (Å²) in [5.74, 6) is -1.00. The number of hydrogen-bond acceptors (Lipinski definition) is 7. The van der Waals surface area contributed by atoms with Crippen LogP contribution in [0.2, 0.25) is 10.0 Å². The molecule has 10 heteroatoms. The van der Waals surface area contributed by atoms with Gasteiger partial charge in [-0.25, -0.2) is 0 Å². The molecule has 0 amide bonds. The second-order valence-electron chi connectivity index (χ2n) is 9.46. The van der Waals surface area contributed by atoms with Gasteiger partial charge in [0.05, 0.1) is 25.1 Å². The van der Waals surface area contributed by atoms with Gasteiger partial charge >= 0.3 is 11.9 Å². The van der Waals surface area contributed by atoms with Gasteiger partial charge in [0.1, 0.15) is 11.1 Å². The van der Waals surface area contributed by atoms with Gasteiger partial charge in [-0.1, -0.05) is 53.5 Å². The molecule has 0 aromatic heterocycles.